The molecule has 0 radical (unpaired) electrons. The zero-order valence-electron chi connectivity index (χ0n) is 18.1. The standard InChI is InChI=1S/C23H17N3O9/c1-32-20-8-13(2-5-18(20)33-12-16-4-7-19(34-16)23(28)29)11-24-25-22(27)21-10-14-9-15(26(30)31)3-6-17(14)35-21/h2-11H,12H2,1H3,(H,25,27)(H,28,29). The topological polar surface area (TPSA) is 167 Å². The van der Waals surface area contributed by atoms with Crippen molar-refractivity contribution in [3.8, 4) is 11.5 Å². The van der Waals surface area contributed by atoms with Gasteiger partial charge in [-0.1, -0.05) is 0 Å². The number of methoxy groups -OCH3 is 1. The molecule has 2 heterocycles. The van der Waals surface area contributed by atoms with E-state index in [1.165, 1.54) is 49.7 Å². The summed E-state index contributed by atoms with van der Waals surface area (Å²) in [6, 6.07) is 13.1. The van der Waals surface area contributed by atoms with Crippen LogP contribution in [-0.4, -0.2) is 35.2 Å². The molecule has 4 rings (SSSR count). The van der Waals surface area contributed by atoms with Crippen molar-refractivity contribution in [1.82, 2.24) is 5.43 Å². The Morgan fingerprint density at radius 1 is 1.09 bits per heavy atom. The fourth-order valence-corrected chi connectivity index (χ4v) is 3.08. The van der Waals surface area contributed by atoms with Crippen LogP contribution in [0.5, 0.6) is 11.5 Å². The number of nitrogens with one attached hydrogen (secondary N) is 1. The number of nitrogens with zero attached hydrogens (tertiary/aromatic N) is 2. The molecule has 0 aliphatic heterocycles. The first-order valence-corrected chi connectivity index (χ1v) is 9.98. The molecule has 2 aromatic heterocycles. The molecule has 0 saturated heterocycles. The van der Waals surface area contributed by atoms with Crippen molar-refractivity contribution >= 4 is 34.7 Å². The van der Waals surface area contributed by atoms with Crippen LogP contribution in [0, 0.1) is 10.1 Å². The molecule has 1 amide bonds. The van der Waals surface area contributed by atoms with Crippen LogP contribution in [0.25, 0.3) is 11.0 Å². The summed E-state index contributed by atoms with van der Waals surface area (Å²) in [5, 5.41) is 24.1. The number of non-ortho nitro benzene ring substituents is 1. The number of amides is 1. The lowest BCUT2D eigenvalue weighted by atomic mass is 10.2. The highest BCUT2D eigenvalue weighted by Crippen LogP contribution is 2.29. The maximum Gasteiger partial charge on any atom is 0.371 e. The average Bonchev–Trinajstić information content (AvgIpc) is 3.50. The fourth-order valence-electron chi connectivity index (χ4n) is 3.08. The first kappa shape index (κ1) is 23.0. The third-order valence-corrected chi connectivity index (χ3v) is 4.74. The van der Waals surface area contributed by atoms with E-state index in [-0.39, 0.29) is 23.8 Å². The molecule has 178 valence electrons. The van der Waals surface area contributed by atoms with Gasteiger partial charge >= 0.3 is 11.9 Å². The van der Waals surface area contributed by atoms with Gasteiger partial charge in [0, 0.05) is 17.5 Å². The van der Waals surface area contributed by atoms with E-state index in [0.29, 0.717) is 33.8 Å². The molecule has 0 spiro atoms. The van der Waals surface area contributed by atoms with E-state index < -0.39 is 16.8 Å². The molecule has 0 bridgehead atoms. The Kier molecular flexibility index (Phi) is 6.44. The number of furan rings is 2. The molecule has 2 N–H and O–H groups in total. The summed E-state index contributed by atoms with van der Waals surface area (Å²) in [6.07, 6.45) is 1.38. The van der Waals surface area contributed by atoms with Crippen molar-refractivity contribution in [2.45, 2.75) is 6.61 Å². The minimum atomic E-state index is -1.17. The second-order valence-corrected chi connectivity index (χ2v) is 7.06. The Hall–Kier alpha value is -5.13. The number of ether oxygens (including phenoxy) is 2. The third kappa shape index (κ3) is 5.27. The lowest BCUT2D eigenvalue weighted by molar-refractivity contribution is -0.384. The predicted octanol–water partition coefficient (Wildman–Crippen LogP) is 3.98. The van der Waals surface area contributed by atoms with E-state index in [9.17, 15) is 19.7 Å². The number of nitro benzene ring substituents is 1. The number of aromatic carboxylic acids is 1. The highest BCUT2D eigenvalue weighted by atomic mass is 16.6. The second-order valence-electron chi connectivity index (χ2n) is 7.06. The third-order valence-electron chi connectivity index (χ3n) is 4.74. The van der Waals surface area contributed by atoms with Gasteiger partial charge in [-0.05, 0) is 48.0 Å². The summed E-state index contributed by atoms with van der Waals surface area (Å²) in [7, 11) is 1.45. The first-order valence-electron chi connectivity index (χ1n) is 9.98. The summed E-state index contributed by atoms with van der Waals surface area (Å²) < 4.78 is 21.5. The van der Waals surface area contributed by atoms with Gasteiger partial charge in [-0.3, -0.25) is 14.9 Å². The Labute approximate surface area is 196 Å². The molecule has 4 aromatic rings. The molecule has 0 aliphatic rings. The zero-order chi connectivity index (χ0) is 24.9. The van der Waals surface area contributed by atoms with E-state index in [0.717, 1.165) is 0 Å². The quantitative estimate of drug-likeness (QED) is 0.205. The maximum absolute atomic E-state index is 12.3. The number of hydrogen-bond acceptors (Lipinski definition) is 9. The smallest absolute Gasteiger partial charge is 0.371 e. The van der Waals surface area contributed by atoms with Gasteiger partial charge in [-0.25, -0.2) is 10.2 Å². The molecule has 12 nitrogen and oxygen atoms in total. The first-order chi connectivity index (χ1) is 16.8. The van der Waals surface area contributed by atoms with Gasteiger partial charge in [0.15, 0.2) is 17.3 Å². The van der Waals surface area contributed by atoms with E-state index in [2.05, 4.69) is 10.5 Å². The normalized spacial score (nSPS) is 11.0. The molecule has 0 aliphatic carbocycles. The Balaban J connectivity index is 1.39. The number of hydrogen-bond donors (Lipinski definition) is 2. The average molecular weight is 479 g/mol. The molecule has 35 heavy (non-hydrogen) atoms. The van der Waals surface area contributed by atoms with Crippen molar-refractivity contribution < 1.29 is 37.9 Å². The Bertz CT molecular complexity index is 1450. The monoisotopic (exact) mass is 479 g/mol. The van der Waals surface area contributed by atoms with Crippen molar-refractivity contribution in [3.63, 3.8) is 0 Å². The van der Waals surface area contributed by atoms with Crippen LogP contribution in [0.2, 0.25) is 0 Å². The van der Waals surface area contributed by atoms with Crippen LogP contribution in [0.1, 0.15) is 32.4 Å². The number of nitro groups is 1. The van der Waals surface area contributed by atoms with E-state index in [4.69, 9.17) is 23.4 Å². The van der Waals surface area contributed by atoms with Gasteiger partial charge in [0.2, 0.25) is 5.76 Å². The number of rotatable bonds is 9. The molecular weight excluding hydrogens is 462 g/mol. The van der Waals surface area contributed by atoms with Crippen LogP contribution in [0.15, 0.2) is 68.5 Å². The number of carbonyl (C=O) groups is 2. The SMILES string of the molecule is COc1cc(C=NNC(=O)c2cc3cc([N+](=O)[O-])ccc3o2)ccc1OCc1ccc(C(=O)O)o1. The number of benzene rings is 2. The van der Waals surface area contributed by atoms with Gasteiger partial charge in [-0.15, -0.1) is 0 Å². The van der Waals surface area contributed by atoms with Crippen molar-refractivity contribution in [1.29, 1.82) is 0 Å². The number of carbonyl (C=O) groups excluding carboxylic acids is 1. The molecule has 0 fully saturated rings. The van der Waals surface area contributed by atoms with Crippen LogP contribution in [-0.2, 0) is 6.61 Å². The molecule has 12 heteroatoms. The minimum Gasteiger partial charge on any atom is -0.493 e. The summed E-state index contributed by atoms with van der Waals surface area (Å²) in [5.74, 6) is -0.948. The predicted molar refractivity (Wildman–Crippen MR) is 121 cm³/mol. The summed E-state index contributed by atoms with van der Waals surface area (Å²) >= 11 is 0. The summed E-state index contributed by atoms with van der Waals surface area (Å²) in [5.41, 5.74) is 3.13. The Morgan fingerprint density at radius 2 is 1.91 bits per heavy atom. The number of fused-ring (bicyclic) bond motifs is 1. The highest BCUT2D eigenvalue weighted by Gasteiger charge is 2.15. The van der Waals surface area contributed by atoms with E-state index >= 15 is 0 Å². The van der Waals surface area contributed by atoms with Gasteiger partial charge < -0.3 is 23.4 Å². The number of carboxylic acid groups (broad SMARTS) is 1. The number of carboxylic acids is 1. The minimum absolute atomic E-state index is 0.00616. The summed E-state index contributed by atoms with van der Waals surface area (Å²) in [6.45, 7) is -0.00616. The van der Waals surface area contributed by atoms with Crippen molar-refractivity contribution in [2.75, 3.05) is 7.11 Å². The van der Waals surface area contributed by atoms with E-state index in [1.807, 2.05) is 0 Å². The fraction of sp³-hybridized carbons (Fsp3) is 0.0870. The lowest BCUT2D eigenvalue weighted by Gasteiger charge is -2.10. The molecule has 0 atom stereocenters. The molecular formula is C23H17N3O9. The van der Waals surface area contributed by atoms with Crippen molar-refractivity contribution in [3.05, 3.63) is 87.6 Å². The maximum atomic E-state index is 12.3. The number of hydrazone groups is 1. The Morgan fingerprint density at radius 3 is 2.63 bits per heavy atom. The lowest BCUT2D eigenvalue weighted by Crippen LogP contribution is -2.16. The van der Waals surface area contributed by atoms with Gasteiger partial charge in [0.05, 0.1) is 18.2 Å². The van der Waals surface area contributed by atoms with Gasteiger partial charge in [0.1, 0.15) is 18.0 Å². The van der Waals surface area contributed by atoms with Crippen LogP contribution in [0.3, 0.4) is 0 Å². The second kappa shape index (κ2) is 9.79. The van der Waals surface area contributed by atoms with Crippen LogP contribution < -0.4 is 14.9 Å². The zero-order valence-corrected chi connectivity index (χ0v) is 18.1. The van der Waals surface area contributed by atoms with Gasteiger partial charge in [0.25, 0.3) is 5.69 Å². The van der Waals surface area contributed by atoms with Crippen LogP contribution >= 0.6 is 0 Å². The van der Waals surface area contributed by atoms with E-state index in [1.54, 1.807) is 18.2 Å². The molecule has 0 saturated carbocycles. The highest BCUT2D eigenvalue weighted by molar-refractivity contribution is 5.97. The largest absolute Gasteiger partial charge is 0.493 e. The van der Waals surface area contributed by atoms with Crippen LogP contribution in [0.4, 0.5) is 5.69 Å². The molecule has 0 unspecified atom stereocenters. The molecule has 2 aromatic carbocycles. The summed E-state index contributed by atoms with van der Waals surface area (Å²) in [4.78, 5) is 33.6. The van der Waals surface area contributed by atoms with Crippen molar-refractivity contribution in [2.24, 2.45) is 5.10 Å². The van der Waals surface area contributed by atoms with Gasteiger partial charge in [-0.2, -0.15) is 5.10 Å².